The lowest BCUT2D eigenvalue weighted by Gasteiger charge is -2.17. The lowest BCUT2D eigenvalue weighted by atomic mass is 10.1. The number of hydrogen-bond acceptors (Lipinski definition) is 4. The number of aromatic nitrogens is 1. The summed E-state index contributed by atoms with van der Waals surface area (Å²) >= 11 is 0. The van der Waals surface area contributed by atoms with Gasteiger partial charge in [-0.05, 0) is 44.8 Å². The first-order chi connectivity index (χ1) is 12.5. The second-order valence-corrected chi connectivity index (χ2v) is 6.49. The van der Waals surface area contributed by atoms with Crippen LogP contribution in [-0.4, -0.2) is 60.8 Å². The van der Waals surface area contributed by atoms with Crippen molar-refractivity contribution in [2.75, 3.05) is 34.2 Å². The lowest BCUT2D eigenvalue weighted by Crippen LogP contribution is -2.29. The van der Waals surface area contributed by atoms with Crippen LogP contribution in [0.1, 0.15) is 32.8 Å². The minimum atomic E-state index is -0.260. The van der Waals surface area contributed by atoms with Crippen LogP contribution >= 0.6 is 0 Å². The summed E-state index contributed by atoms with van der Waals surface area (Å²) in [5.41, 5.74) is 1.77. The molecule has 138 valence electrons. The number of nitrogens with one attached hydrogen (secondary N) is 1. The van der Waals surface area contributed by atoms with Crippen molar-refractivity contribution in [3.8, 4) is 0 Å². The highest BCUT2D eigenvalue weighted by atomic mass is 16.2. The number of carbonyl (C=O) groups excluding carboxylic acids is 2. The van der Waals surface area contributed by atoms with Gasteiger partial charge in [-0.15, -0.1) is 0 Å². The molecule has 1 N–H and O–H groups in total. The van der Waals surface area contributed by atoms with E-state index >= 15 is 0 Å². The maximum absolute atomic E-state index is 12.6. The zero-order chi connectivity index (χ0) is 18.9. The van der Waals surface area contributed by atoms with Gasteiger partial charge >= 0.3 is 0 Å². The van der Waals surface area contributed by atoms with Crippen molar-refractivity contribution in [2.45, 2.75) is 13.0 Å². The third kappa shape index (κ3) is 5.97. The predicted molar refractivity (Wildman–Crippen MR) is 102 cm³/mol. The van der Waals surface area contributed by atoms with Gasteiger partial charge in [0.1, 0.15) is 5.69 Å². The molecule has 2 aromatic rings. The summed E-state index contributed by atoms with van der Waals surface area (Å²) in [5.74, 6) is -0.401. The molecule has 6 nitrogen and oxygen atoms in total. The smallest absolute Gasteiger partial charge is 0.269 e. The van der Waals surface area contributed by atoms with Gasteiger partial charge in [-0.1, -0.05) is 30.3 Å². The third-order valence-corrected chi connectivity index (χ3v) is 3.92. The highest BCUT2D eigenvalue weighted by Gasteiger charge is 2.15. The largest absolute Gasteiger partial charge is 0.351 e. The van der Waals surface area contributed by atoms with Gasteiger partial charge in [0.05, 0.1) is 0 Å². The molecule has 0 aliphatic carbocycles. The average Bonchev–Trinajstić information content (AvgIpc) is 2.65. The molecule has 0 atom stereocenters. The summed E-state index contributed by atoms with van der Waals surface area (Å²) in [6, 6.07) is 13.0. The van der Waals surface area contributed by atoms with Crippen LogP contribution in [-0.2, 0) is 6.54 Å². The van der Waals surface area contributed by atoms with Crippen molar-refractivity contribution in [3.63, 3.8) is 0 Å². The van der Waals surface area contributed by atoms with Crippen LogP contribution in [0.5, 0.6) is 0 Å². The zero-order valence-corrected chi connectivity index (χ0v) is 15.6. The fraction of sp³-hybridized carbons (Fsp3) is 0.350. The number of nitrogens with zero attached hydrogens (tertiary/aromatic N) is 3. The van der Waals surface area contributed by atoms with Crippen LogP contribution in [0.15, 0.2) is 48.7 Å². The van der Waals surface area contributed by atoms with Crippen molar-refractivity contribution in [3.05, 3.63) is 65.5 Å². The Labute approximate surface area is 154 Å². The van der Waals surface area contributed by atoms with Crippen LogP contribution < -0.4 is 5.32 Å². The molecule has 1 heterocycles. The molecule has 1 aromatic carbocycles. The van der Waals surface area contributed by atoms with E-state index in [1.807, 2.05) is 44.4 Å². The molecule has 0 spiro atoms. The molecular weight excluding hydrogens is 328 g/mol. The zero-order valence-electron chi connectivity index (χ0n) is 15.6. The summed E-state index contributed by atoms with van der Waals surface area (Å²) in [6.45, 7) is 1.98. The molecule has 6 heteroatoms. The summed E-state index contributed by atoms with van der Waals surface area (Å²) in [4.78, 5) is 32.6. The molecular formula is C20H26N4O2. The molecule has 1 aromatic heterocycles. The topological polar surface area (TPSA) is 65.5 Å². The molecule has 0 aliphatic heterocycles. The van der Waals surface area contributed by atoms with Crippen LogP contribution in [0.25, 0.3) is 0 Å². The van der Waals surface area contributed by atoms with Gasteiger partial charge in [0.25, 0.3) is 11.8 Å². The van der Waals surface area contributed by atoms with E-state index in [1.54, 1.807) is 24.1 Å². The van der Waals surface area contributed by atoms with E-state index in [0.29, 0.717) is 18.7 Å². The van der Waals surface area contributed by atoms with Crippen molar-refractivity contribution in [2.24, 2.45) is 0 Å². The highest BCUT2D eigenvalue weighted by molar-refractivity contribution is 5.98. The van der Waals surface area contributed by atoms with Gasteiger partial charge in [-0.25, -0.2) is 0 Å². The summed E-state index contributed by atoms with van der Waals surface area (Å²) < 4.78 is 0. The number of pyridine rings is 1. The first kappa shape index (κ1) is 19.6. The van der Waals surface area contributed by atoms with Gasteiger partial charge in [0.15, 0.2) is 0 Å². The Bertz CT molecular complexity index is 732. The fourth-order valence-electron chi connectivity index (χ4n) is 2.52. The molecule has 2 amide bonds. The van der Waals surface area contributed by atoms with Crippen molar-refractivity contribution in [1.82, 2.24) is 20.1 Å². The van der Waals surface area contributed by atoms with Gasteiger partial charge < -0.3 is 15.1 Å². The van der Waals surface area contributed by atoms with Crippen molar-refractivity contribution < 1.29 is 9.59 Å². The number of benzene rings is 1. The Balaban J connectivity index is 1.96. The molecule has 0 fully saturated rings. The molecule has 0 saturated heterocycles. The van der Waals surface area contributed by atoms with E-state index in [4.69, 9.17) is 0 Å². The molecule has 0 bridgehead atoms. The third-order valence-electron chi connectivity index (χ3n) is 3.92. The van der Waals surface area contributed by atoms with Crippen LogP contribution in [0.2, 0.25) is 0 Å². The summed E-state index contributed by atoms with van der Waals surface area (Å²) in [7, 11) is 5.73. The minimum absolute atomic E-state index is 0.141. The Hall–Kier alpha value is -2.73. The average molecular weight is 354 g/mol. The van der Waals surface area contributed by atoms with Gasteiger partial charge in [0, 0.05) is 31.9 Å². The second-order valence-electron chi connectivity index (χ2n) is 6.49. The van der Waals surface area contributed by atoms with Crippen molar-refractivity contribution >= 4 is 11.8 Å². The normalized spacial score (nSPS) is 10.6. The Morgan fingerprint density at radius 3 is 2.50 bits per heavy atom. The summed E-state index contributed by atoms with van der Waals surface area (Å²) in [6.07, 6.45) is 2.36. The summed E-state index contributed by atoms with van der Waals surface area (Å²) in [5, 5.41) is 2.84. The second kappa shape index (κ2) is 9.68. The van der Waals surface area contributed by atoms with Crippen LogP contribution in [0.3, 0.4) is 0 Å². The van der Waals surface area contributed by atoms with E-state index in [1.165, 1.54) is 6.20 Å². The van der Waals surface area contributed by atoms with E-state index < -0.39 is 0 Å². The van der Waals surface area contributed by atoms with Gasteiger partial charge in [0.2, 0.25) is 0 Å². The first-order valence-corrected chi connectivity index (χ1v) is 8.65. The van der Waals surface area contributed by atoms with Gasteiger partial charge in [-0.2, -0.15) is 0 Å². The SMILES string of the molecule is CN(C)CCCNC(=O)c1cc(C(=O)N(C)Cc2ccccc2)ccn1. The van der Waals surface area contributed by atoms with E-state index in [0.717, 1.165) is 18.5 Å². The standard InChI is InChI=1S/C20H26N4O2/c1-23(2)13-7-11-22-19(25)18-14-17(10-12-21-18)20(26)24(3)15-16-8-5-4-6-9-16/h4-6,8-10,12,14H,7,11,13,15H2,1-3H3,(H,22,25). The number of amides is 2. The van der Waals surface area contributed by atoms with E-state index in [9.17, 15) is 9.59 Å². The Kier molecular flexibility index (Phi) is 7.29. The molecule has 2 rings (SSSR count). The molecule has 0 unspecified atom stereocenters. The minimum Gasteiger partial charge on any atom is -0.351 e. The Morgan fingerprint density at radius 2 is 1.81 bits per heavy atom. The van der Waals surface area contributed by atoms with E-state index in [2.05, 4.69) is 15.2 Å². The van der Waals surface area contributed by atoms with E-state index in [-0.39, 0.29) is 17.5 Å². The fourth-order valence-corrected chi connectivity index (χ4v) is 2.52. The maximum Gasteiger partial charge on any atom is 0.269 e. The first-order valence-electron chi connectivity index (χ1n) is 8.65. The monoisotopic (exact) mass is 354 g/mol. The molecule has 0 saturated carbocycles. The molecule has 0 aliphatic rings. The Morgan fingerprint density at radius 1 is 1.08 bits per heavy atom. The maximum atomic E-state index is 12.6. The number of carbonyl (C=O) groups is 2. The predicted octanol–water partition coefficient (Wildman–Crippen LogP) is 2.04. The molecule has 26 heavy (non-hydrogen) atoms. The lowest BCUT2D eigenvalue weighted by molar-refractivity contribution is 0.0785. The van der Waals surface area contributed by atoms with Crippen LogP contribution in [0.4, 0.5) is 0 Å². The van der Waals surface area contributed by atoms with Crippen molar-refractivity contribution in [1.29, 1.82) is 0 Å². The van der Waals surface area contributed by atoms with Gasteiger partial charge in [-0.3, -0.25) is 14.6 Å². The highest BCUT2D eigenvalue weighted by Crippen LogP contribution is 2.09. The quantitative estimate of drug-likeness (QED) is 0.737. The van der Waals surface area contributed by atoms with Crippen LogP contribution in [0, 0.1) is 0 Å². The number of rotatable bonds is 8. The molecule has 0 radical (unpaired) electrons. The number of hydrogen-bond donors (Lipinski definition) is 1.